The van der Waals surface area contributed by atoms with Gasteiger partial charge in [0.1, 0.15) is 5.75 Å². The van der Waals surface area contributed by atoms with E-state index in [9.17, 15) is 25.3 Å². The van der Waals surface area contributed by atoms with Crippen molar-refractivity contribution in [3.05, 3.63) is 86.0 Å². The highest BCUT2D eigenvalue weighted by molar-refractivity contribution is 6.23. The first kappa shape index (κ1) is 20.6. The lowest BCUT2D eigenvalue weighted by Gasteiger charge is -2.38. The van der Waals surface area contributed by atoms with E-state index in [-0.39, 0.29) is 22.6 Å². The van der Waals surface area contributed by atoms with Crippen molar-refractivity contribution in [2.24, 2.45) is 0 Å². The number of para-hydroxylation sites is 1. The molecule has 1 heterocycles. The van der Waals surface area contributed by atoms with Crippen molar-refractivity contribution in [2.75, 3.05) is 7.11 Å². The summed E-state index contributed by atoms with van der Waals surface area (Å²) in [6, 6.07) is 8.61. The molecule has 0 saturated heterocycles. The Hall–Kier alpha value is -3.17. The number of hydrogen-bond acceptors (Lipinski definition) is 7. The second-order valence-corrected chi connectivity index (χ2v) is 7.01. The fourth-order valence-electron chi connectivity index (χ4n) is 3.35. The number of allylic oxidation sites excluding steroid dienone is 1. The van der Waals surface area contributed by atoms with E-state index in [4.69, 9.17) is 21.1 Å². The second-order valence-electron chi connectivity index (χ2n) is 6.40. The number of hydrogen-bond donors (Lipinski definition) is 1. The average Bonchev–Trinajstić information content (AvgIpc) is 2.70. The number of methoxy groups -OCH3 is 1. The molecule has 0 unspecified atom stereocenters. The van der Waals surface area contributed by atoms with Gasteiger partial charge in [-0.05, 0) is 29.7 Å². The Bertz CT molecular complexity index is 997. The predicted octanol–water partition coefficient (Wildman–Crippen LogP) is 3.71. The maximum atomic E-state index is 11.9. The SMILES string of the molecule is C=CCc1cccc2c1O[C@@H](c1ccc(OC)c([N+](=O)[O-])c1)[C@](Cl)([N+](=O)[O-])[C@H]2O. The van der Waals surface area contributed by atoms with E-state index in [0.29, 0.717) is 12.0 Å². The fourth-order valence-corrected chi connectivity index (χ4v) is 3.64. The molecule has 0 saturated carbocycles. The van der Waals surface area contributed by atoms with E-state index in [2.05, 4.69) is 6.58 Å². The van der Waals surface area contributed by atoms with Crippen LogP contribution in [0.3, 0.4) is 0 Å². The number of benzene rings is 2. The van der Waals surface area contributed by atoms with E-state index < -0.39 is 32.7 Å². The number of aliphatic hydroxyl groups excluding tert-OH is 1. The minimum absolute atomic E-state index is 0.0240. The summed E-state index contributed by atoms with van der Waals surface area (Å²) in [6.45, 7) is 3.67. The summed E-state index contributed by atoms with van der Waals surface area (Å²) >= 11 is 6.33. The number of nitrogens with zero attached hydrogens (tertiary/aromatic N) is 2. The molecule has 152 valence electrons. The molecule has 3 atom stereocenters. The number of halogens is 1. The molecule has 1 aliphatic heterocycles. The molecule has 1 aliphatic rings. The number of fused-ring (bicyclic) bond motifs is 1. The van der Waals surface area contributed by atoms with Gasteiger partial charge in [0.2, 0.25) is 6.10 Å². The zero-order valence-electron chi connectivity index (χ0n) is 15.3. The van der Waals surface area contributed by atoms with Gasteiger partial charge < -0.3 is 14.6 Å². The van der Waals surface area contributed by atoms with E-state index in [1.165, 1.54) is 25.3 Å². The zero-order valence-corrected chi connectivity index (χ0v) is 16.0. The molecule has 0 fully saturated rings. The maximum Gasteiger partial charge on any atom is 0.364 e. The lowest BCUT2D eigenvalue weighted by Crippen LogP contribution is -2.49. The number of alkyl halides is 1. The normalized spacial score (nSPS) is 22.9. The second kappa shape index (κ2) is 7.69. The number of nitro groups is 2. The summed E-state index contributed by atoms with van der Waals surface area (Å²) in [5.41, 5.74) is 0.458. The first-order valence-corrected chi connectivity index (χ1v) is 8.86. The number of ether oxygens (including phenoxy) is 2. The van der Waals surface area contributed by atoms with Gasteiger partial charge >= 0.3 is 10.7 Å². The molecule has 9 nitrogen and oxygen atoms in total. The molecule has 0 bridgehead atoms. The molecule has 0 aliphatic carbocycles. The molecule has 0 radical (unpaired) electrons. The lowest BCUT2D eigenvalue weighted by atomic mass is 9.88. The van der Waals surface area contributed by atoms with Gasteiger partial charge in [0.15, 0.2) is 11.9 Å². The fraction of sp³-hybridized carbons (Fsp3) is 0.263. The van der Waals surface area contributed by atoms with Crippen LogP contribution in [0.1, 0.15) is 28.9 Å². The summed E-state index contributed by atoms with van der Waals surface area (Å²) in [7, 11) is 1.27. The van der Waals surface area contributed by atoms with Gasteiger partial charge in [-0.25, -0.2) is 0 Å². The van der Waals surface area contributed by atoms with Crippen molar-refractivity contribution in [2.45, 2.75) is 23.6 Å². The Morgan fingerprint density at radius 2 is 2.07 bits per heavy atom. The maximum absolute atomic E-state index is 11.9. The molecule has 2 aromatic rings. The van der Waals surface area contributed by atoms with Crippen LogP contribution in [0, 0.1) is 20.2 Å². The first-order chi connectivity index (χ1) is 13.7. The van der Waals surface area contributed by atoms with Crippen LogP contribution in [-0.4, -0.2) is 27.1 Å². The van der Waals surface area contributed by atoms with Crippen LogP contribution < -0.4 is 9.47 Å². The third-order valence-electron chi connectivity index (χ3n) is 4.75. The van der Waals surface area contributed by atoms with Crippen LogP contribution in [0.25, 0.3) is 0 Å². The minimum atomic E-state index is -2.50. The van der Waals surface area contributed by atoms with E-state index in [0.717, 1.165) is 6.07 Å². The molecule has 0 aromatic heterocycles. The largest absolute Gasteiger partial charge is 0.490 e. The highest BCUT2D eigenvalue weighted by Gasteiger charge is 2.62. The average molecular weight is 421 g/mol. The summed E-state index contributed by atoms with van der Waals surface area (Å²) in [4.78, 5) is 19.2. The number of rotatable bonds is 6. The number of nitro benzene ring substituents is 1. The summed E-state index contributed by atoms with van der Waals surface area (Å²) in [5, 5.41) is 34.1. The molecular formula is C19H17ClN2O7. The molecular weight excluding hydrogens is 404 g/mol. The van der Waals surface area contributed by atoms with Crippen LogP contribution in [0.2, 0.25) is 0 Å². The topological polar surface area (TPSA) is 125 Å². The molecule has 2 aromatic carbocycles. The van der Waals surface area contributed by atoms with E-state index >= 15 is 0 Å². The first-order valence-electron chi connectivity index (χ1n) is 8.48. The number of aliphatic hydroxyl groups is 1. The predicted molar refractivity (Wildman–Crippen MR) is 104 cm³/mol. The molecule has 0 amide bonds. The van der Waals surface area contributed by atoms with Crippen LogP contribution >= 0.6 is 11.6 Å². The lowest BCUT2D eigenvalue weighted by molar-refractivity contribution is -0.570. The van der Waals surface area contributed by atoms with Crippen LogP contribution in [0.15, 0.2) is 49.1 Å². The van der Waals surface area contributed by atoms with Crippen molar-refractivity contribution < 1.29 is 24.4 Å². The zero-order chi connectivity index (χ0) is 21.3. The summed E-state index contributed by atoms with van der Waals surface area (Å²) < 4.78 is 10.9. The Kier molecular flexibility index (Phi) is 5.45. The van der Waals surface area contributed by atoms with Gasteiger partial charge in [0.25, 0.3) is 0 Å². The highest BCUT2D eigenvalue weighted by atomic mass is 35.5. The van der Waals surface area contributed by atoms with Crippen molar-refractivity contribution in [1.29, 1.82) is 0 Å². The van der Waals surface area contributed by atoms with Gasteiger partial charge in [-0.1, -0.05) is 30.3 Å². The standard InChI is InChI=1S/C19H17ClN2O7/c1-3-5-11-6-4-7-13-16(11)29-18(19(20,17(13)23)22(26)27)12-8-9-15(28-2)14(10-12)21(24)25/h3-4,6-10,17-18,23H,1,5H2,2H3/t17-,18-,19+/m0/s1. The third-order valence-corrected chi connectivity index (χ3v) is 5.30. The van der Waals surface area contributed by atoms with Gasteiger partial charge in [0.05, 0.1) is 17.0 Å². The smallest absolute Gasteiger partial charge is 0.364 e. The molecule has 0 spiro atoms. The monoisotopic (exact) mass is 420 g/mol. The van der Waals surface area contributed by atoms with Crippen LogP contribution in [0.5, 0.6) is 11.5 Å². The Labute approximate surface area is 170 Å². The van der Waals surface area contributed by atoms with E-state index in [1.54, 1.807) is 18.2 Å². The van der Waals surface area contributed by atoms with Gasteiger partial charge in [-0.3, -0.25) is 20.2 Å². The van der Waals surface area contributed by atoms with Gasteiger partial charge in [-0.2, -0.15) is 0 Å². The summed E-state index contributed by atoms with van der Waals surface area (Å²) in [5.74, 6) is 0.214. The van der Waals surface area contributed by atoms with Crippen molar-refractivity contribution in [3.8, 4) is 11.5 Å². The van der Waals surface area contributed by atoms with Crippen LogP contribution in [0.4, 0.5) is 5.69 Å². The van der Waals surface area contributed by atoms with E-state index in [1.807, 2.05) is 0 Å². The minimum Gasteiger partial charge on any atom is -0.490 e. The Morgan fingerprint density at radius 1 is 1.34 bits per heavy atom. The van der Waals surface area contributed by atoms with Crippen molar-refractivity contribution in [1.82, 2.24) is 0 Å². The molecule has 3 rings (SSSR count). The third kappa shape index (κ3) is 3.28. The van der Waals surface area contributed by atoms with Gasteiger partial charge in [0, 0.05) is 17.2 Å². The molecule has 10 heteroatoms. The Balaban J connectivity index is 2.22. The molecule has 1 N–H and O–H groups in total. The molecule has 29 heavy (non-hydrogen) atoms. The quantitative estimate of drug-likeness (QED) is 0.248. The Morgan fingerprint density at radius 3 is 2.66 bits per heavy atom. The van der Waals surface area contributed by atoms with Crippen LogP contribution in [-0.2, 0) is 6.42 Å². The van der Waals surface area contributed by atoms with Crippen molar-refractivity contribution in [3.63, 3.8) is 0 Å². The van der Waals surface area contributed by atoms with Crippen molar-refractivity contribution >= 4 is 17.3 Å². The summed E-state index contributed by atoms with van der Waals surface area (Å²) in [6.07, 6.45) is -1.22. The van der Waals surface area contributed by atoms with Gasteiger partial charge in [-0.15, -0.1) is 6.58 Å². The highest BCUT2D eigenvalue weighted by Crippen LogP contribution is 2.53.